The number of hydrogen-bond donors (Lipinski definition) is 0. The number of nitrogens with zero attached hydrogens (tertiary/aromatic N) is 2. The summed E-state index contributed by atoms with van der Waals surface area (Å²) in [5, 5.41) is 11.1. The minimum absolute atomic E-state index is 0.0568. The second kappa shape index (κ2) is 8.17. The Balaban J connectivity index is 1.88. The van der Waals surface area contributed by atoms with E-state index in [2.05, 4.69) is 4.90 Å². The monoisotopic (exact) mass is 364 g/mol. The lowest BCUT2D eigenvalue weighted by molar-refractivity contribution is -0.384. The standard InChI is InChI=1S/C19H25ClN2O3/c20-18-13-16(22(24)25)11-12-17(18)19(23)21(14-7-3-1-4-8-14)15-9-5-2-6-10-15/h11-15H,1-10H2. The van der Waals surface area contributed by atoms with Crippen LogP contribution in [-0.2, 0) is 0 Å². The van der Waals surface area contributed by atoms with E-state index in [9.17, 15) is 14.9 Å². The summed E-state index contributed by atoms with van der Waals surface area (Å²) in [6.07, 6.45) is 11.3. The van der Waals surface area contributed by atoms with Gasteiger partial charge in [0.15, 0.2) is 0 Å². The third-order valence-electron chi connectivity index (χ3n) is 5.56. The molecule has 2 aliphatic rings. The fraction of sp³-hybridized carbons (Fsp3) is 0.632. The summed E-state index contributed by atoms with van der Waals surface area (Å²) >= 11 is 6.24. The number of amides is 1. The minimum Gasteiger partial charge on any atom is -0.333 e. The maximum absolute atomic E-state index is 13.3. The van der Waals surface area contributed by atoms with E-state index in [4.69, 9.17) is 11.6 Å². The van der Waals surface area contributed by atoms with E-state index in [1.807, 2.05) is 0 Å². The van der Waals surface area contributed by atoms with Gasteiger partial charge in [0, 0.05) is 24.2 Å². The van der Waals surface area contributed by atoms with Crippen LogP contribution in [0.2, 0.25) is 5.02 Å². The van der Waals surface area contributed by atoms with Gasteiger partial charge in [-0.2, -0.15) is 0 Å². The zero-order chi connectivity index (χ0) is 17.8. The Hall–Kier alpha value is -1.62. The summed E-state index contributed by atoms with van der Waals surface area (Å²) in [5.41, 5.74) is 0.312. The second-order valence-electron chi connectivity index (χ2n) is 7.22. The van der Waals surface area contributed by atoms with Gasteiger partial charge in [-0.25, -0.2) is 0 Å². The lowest BCUT2D eigenvalue weighted by Gasteiger charge is -2.42. The molecule has 1 amide bonds. The van der Waals surface area contributed by atoms with Crippen molar-refractivity contribution in [1.29, 1.82) is 0 Å². The van der Waals surface area contributed by atoms with Gasteiger partial charge in [-0.3, -0.25) is 14.9 Å². The second-order valence-corrected chi connectivity index (χ2v) is 7.62. The van der Waals surface area contributed by atoms with Crippen molar-refractivity contribution in [3.63, 3.8) is 0 Å². The van der Waals surface area contributed by atoms with Crippen LogP contribution in [0.4, 0.5) is 5.69 Å². The highest BCUT2D eigenvalue weighted by Gasteiger charge is 2.34. The molecule has 25 heavy (non-hydrogen) atoms. The van der Waals surface area contributed by atoms with Crippen molar-refractivity contribution in [3.8, 4) is 0 Å². The highest BCUT2D eigenvalue weighted by atomic mass is 35.5. The van der Waals surface area contributed by atoms with Gasteiger partial charge in [-0.1, -0.05) is 50.1 Å². The van der Waals surface area contributed by atoms with Crippen molar-refractivity contribution in [1.82, 2.24) is 4.90 Å². The number of rotatable bonds is 4. The fourth-order valence-electron chi connectivity index (χ4n) is 4.28. The molecule has 0 spiro atoms. The van der Waals surface area contributed by atoms with Crippen LogP contribution in [0.5, 0.6) is 0 Å². The fourth-order valence-corrected chi connectivity index (χ4v) is 4.53. The number of nitro benzene ring substituents is 1. The minimum atomic E-state index is -0.486. The first-order chi connectivity index (χ1) is 12.1. The number of carbonyl (C=O) groups excluding carboxylic acids is 1. The first-order valence-electron chi connectivity index (χ1n) is 9.34. The molecule has 5 nitrogen and oxygen atoms in total. The average molecular weight is 365 g/mol. The molecule has 2 fully saturated rings. The van der Waals surface area contributed by atoms with Crippen LogP contribution in [0, 0.1) is 10.1 Å². The smallest absolute Gasteiger partial charge is 0.270 e. The van der Waals surface area contributed by atoms with Gasteiger partial charge in [0.05, 0.1) is 15.5 Å². The van der Waals surface area contributed by atoms with Crippen LogP contribution < -0.4 is 0 Å². The van der Waals surface area contributed by atoms with Crippen LogP contribution in [-0.4, -0.2) is 27.8 Å². The average Bonchev–Trinajstić information content (AvgIpc) is 2.63. The molecule has 0 saturated heterocycles. The molecule has 0 heterocycles. The maximum atomic E-state index is 13.3. The van der Waals surface area contributed by atoms with Crippen molar-refractivity contribution in [2.75, 3.05) is 0 Å². The van der Waals surface area contributed by atoms with E-state index in [0.717, 1.165) is 51.4 Å². The third kappa shape index (κ3) is 4.14. The number of nitro groups is 1. The van der Waals surface area contributed by atoms with E-state index >= 15 is 0 Å². The van der Waals surface area contributed by atoms with Crippen molar-refractivity contribution in [3.05, 3.63) is 38.9 Å². The zero-order valence-corrected chi connectivity index (χ0v) is 15.2. The predicted octanol–water partition coefficient (Wildman–Crippen LogP) is 5.36. The van der Waals surface area contributed by atoms with Gasteiger partial charge in [0.1, 0.15) is 0 Å². The molecule has 0 aromatic heterocycles. The highest BCUT2D eigenvalue weighted by molar-refractivity contribution is 6.34. The molecule has 0 N–H and O–H groups in total. The summed E-state index contributed by atoms with van der Waals surface area (Å²) in [5.74, 6) is -0.0568. The number of hydrogen-bond acceptors (Lipinski definition) is 3. The molecular formula is C19H25ClN2O3. The Kier molecular flexibility index (Phi) is 5.94. The van der Waals surface area contributed by atoms with Gasteiger partial charge < -0.3 is 4.90 Å². The molecule has 2 aliphatic carbocycles. The molecular weight excluding hydrogens is 340 g/mol. The predicted molar refractivity (Wildman–Crippen MR) is 98.0 cm³/mol. The van der Waals surface area contributed by atoms with Gasteiger partial charge in [0.2, 0.25) is 0 Å². The lowest BCUT2D eigenvalue weighted by atomic mass is 9.88. The molecule has 0 bridgehead atoms. The molecule has 1 aromatic carbocycles. The molecule has 0 atom stereocenters. The number of benzene rings is 1. The summed E-state index contributed by atoms with van der Waals surface area (Å²) in [6.45, 7) is 0. The molecule has 2 saturated carbocycles. The van der Waals surface area contributed by atoms with E-state index in [-0.39, 0.29) is 28.7 Å². The first-order valence-corrected chi connectivity index (χ1v) is 9.72. The molecule has 6 heteroatoms. The molecule has 0 unspecified atom stereocenters. The SMILES string of the molecule is O=C(c1ccc([N+](=O)[O-])cc1Cl)N(C1CCCCC1)C1CCCCC1. The van der Waals surface area contributed by atoms with Crippen LogP contribution >= 0.6 is 11.6 Å². The Morgan fingerprint density at radius 2 is 1.52 bits per heavy atom. The summed E-state index contributed by atoms with van der Waals surface area (Å²) in [4.78, 5) is 25.8. The van der Waals surface area contributed by atoms with Crippen LogP contribution in [0.3, 0.4) is 0 Å². The van der Waals surface area contributed by atoms with Crippen LogP contribution in [0.25, 0.3) is 0 Å². The first kappa shape index (κ1) is 18.2. The van der Waals surface area contributed by atoms with Crippen LogP contribution in [0.15, 0.2) is 18.2 Å². The molecule has 3 rings (SSSR count). The third-order valence-corrected chi connectivity index (χ3v) is 5.88. The highest BCUT2D eigenvalue weighted by Crippen LogP contribution is 2.33. The summed E-state index contributed by atoms with van der Waals surface area (Å²) < 4.78 is 0. The quantitative estimate of drug-likeness (QED) is 0.534. The van der Waals surface area contributed by atoms with E-state index < -0.39 is 4.92 Å². The van der Waals surface area contributed by atoms with Crippen molar-refractivity contribution >= 4 is 23.2 Å². The number of carbonyl (C=O) groups is 1. The molecule has 1 aromatic rings. The normalized spacial score (nSPS) is 19.6. The Morgan fingerprint density at radius 3 is 1.96 bits per heavy atom. The van der Waals surface area contributed by atoms with Crippen molar-refractivity contribution < 1.29 is 9.72 Å². The summed E-state index contributed by atoms with van der Waals surface area (Å²) in [7, 11) is 0. The Bertz CT molecular complexity index is 620. The molecule has 0 aliphatic heterocycles. The van der Waals surface area contributed by atoms with E-state index in [1.165, 1.54) is 31.0 Å². The molecule has 136 valence electrons. The molecule has 0 radical (unpaired) electrons. The maximum Gasteiger partial charge on any atom is 0.270 e. The van der Waals surface area contributed by atoms with Gasteiger partial charge in [-0.15, -0.1) is 0 Å². The Labute approximate surface area is 153 Å². The lowest BCUT2D eigenvalue weighted by Crippen LogP contribution is -2.48. The van der Waals surface area contributed by atoms with Gasteiger partial charge in [-0.05, 0) is 31.7 Å². The van der Waals surface area contributed by atoms with E-state index in [0.29, 0.717) is 5.56 Å². The topological polar surface area (TPSA) is 63.4 Å². The largest absolute Gasteiger partial charge is 0.333 e. The summed E-state index contributed by atoms with van der Waals surface area (Å²) in [6, 6.07) is 4.72. The van der Waals surface area contributed by atoms with Gasteiger partial charge >= 0.3 is 0 Å². The van der Waals surface area contributed by atoms with Crippen molar-refractivity contribution in [2.24, 2.45) is 0 Å². The van der Waals surface area contributed by atoms with Crippen LogP contribution in [0.1, 0.15) is 74.6 Å². The van der Waals surface area contributed by atoms with Crippen molar-refractivity contribution in [2.45, 2.75) is 76.3 Å². The Morgan fingerprint density at radius 1 is 1.00 bits per heavy atom. The van der Waals surface area contributed by atoms with E-state index in [1.54, 1.807) is 0 Å². The number of halogens is 1. The van der Waals surface area contributed by atoms with Gasteiger partial charge in [0.25, 0.3) is 11.6 Å². The zero-order valence-electron chi connectivity index (χ0n) is 14.5. The number of non-ortho nitro benzene ring substituents is 1.